The summed E-state index contributed by atoms with van der Waals surface area (Å²) in [4.78, 5) is 7.76. The molecular weight excluding hydrogens is 229 g/mol. The van der Waals surface area contributed by atoms with E-state index in [4.69, 9.17) is 11.6 Å². The van der Waals surface area contributed by atoms with Gasteiger partial charge in [-0.1, -0.05) is 23.7 Å². The van der Waals surface area contributed by atoms with Crippen LogP contribution in [-0.4, -0.2) is 9.97 Å². The minimum atomic E-state index is -0.242. The highest BCUT2D eigenvalue weighted by molar-refractivity contribution is 6.29. The van der Waals surface area contributed by atoms with Crippen molar-refractivity contribution in [1.82, 2.24) is 9.97 Å². The summed E-state index contributed by atoms with van der Waals surface area (Å²) < 4.78 is 12.6. The second-order valence-electron chi connectivity index (χ2n) is 3.21. The third-order valence-corrected chi connectivity index (χ3v) is 2.23. The van der Waals surface area contributed by atoms with E-state index in [9.17, 15) is 4.39 Å². The Labute approximate surface area is 97.3 Å². The van der Waals surface area contributed by atoms with Crippen molar-refractivity contribution in [2.24, 2.45) is 0 Å². The molecule has 1 heterocycles. The van der Waals surface area contributed by atoms with Crippen molar-refractivity contribution in [2.45, 2.75) is 6.54 Å². The molecular formula is C11H9ClFN3. The maximum Gasteiger partial charge on any atom is 0.134 e. The van der Waals surface area contributed by atoms with Gasteiger partial charge in [-0.2, -0.15) is 0 Å². The Hall–Kier alpha value is -1.68. The lowest BCUT2D eigenvalue weighted by atomic mass is 10.2. The van der Waals surface area contributed by atoms with Crippen LogP contribution in [0.4, 0.5) is 10.2 Å². The lowest BCUT2D eigenvalue weighted by Crippen LogP contribution is -2.01. The molecule has 0 radical (unpaired) electrons. The van der Waals surface area contributed by atoms with Crippen molar-refractivity contribution in [3.8, 4) is 0 Å². The second kappa shape index (κ2) is 4.90. The van der Waals surface area contributed by atoms with E-state index < -0.39 is 0 Å². The molecule has 0 atom stereocenters. The Kier molecular flexibility index (Phi) is 3.31. The standard InChI is InChI=1S/C11H9ClFN3/c12-10-5-11(16-7-15-10)14-6-8-1-3-9(13)4-2-8/h1-5,7H,6H2,(H,14,15,16). The maximum atomic E-state index is 12.6. The van der Waals surface area contributed by atoms with Gasteiger partial charge in [-0.15, -0.1) is 0 Å². The SMILES string of the molecule is Fc1ccc(CNc2cc(Cl)ncn2)cc1. The molecule has 0 saturated heterocycles. The van der Waals surface area contributed by atoms with Crippen LogP contribution >= 0.6 is 11.6 Å². The highest BCUT2D eigenvalue weighted by atomic mass is 35.5. The van der Waals surface area contributed by atoms with Gasteiger partial charge in [-0.25, -0.2) is 14.4 Å². The highest BCUT2D eigenvalue weighted by Gasteiger charge is 1.97. The van der Waals surface area contributed by atoms with Gasteiger partial charge < -0.3 is 5.32 Å². The number of anilines is 1. The fourth-order valence-corrected chi connectivity index (χ4v) is 1.37. The molecule has 0 saturated carbocycles. The van der Waals surface area contributed by atoms with Crippen LogP contribution in [0.3, 0.4) is 0 Å². The second-order valence-corrected chi connectivity index (χ2v) is 3.59. The van der Waals surface area contributed by atoms with Crippen LogP contribution in [0.25, 0.3) is 0 Å². The molecule has 0 aliphatic carbocycles. The number of aromatic nitrogens is 2. The zero-order valence-corrected chi connectivity index (χ0v) is 9.08. The first-order chi connectivity index (χ1) is 7.74. The molecule has 1 aromatic heterocycles. The summed E-state index contributed by atoms with van der Waals surface area (Å²) in [6.45, 7) is 0.563. The van der Waals surface area contributed by atoms with Gasteiger partial charge in [0.15, 0.2) is 0 Å². The van der Waals surface area contributed by atoms with E-state index in [2.05, 4.69) is 15.3 Å². The number of nitrogens with zero attached hydrogens (tertiary/aromatic N) is 2. The molecule has 0 unspecified atom stereocenters. The van der Waals surface area contributed by atoms with Gasteiger partial charge in [0, 0.05) is 12.6 Å². The van der Waals surface area contributed by atoms with Crippen LogP contribution in [0, 0.1) is 5.82 Å². The van der Waals surface area contributed by atoms with Crippen molar-refractivity contribution in [3.63, 3.8) is 0 Å². The molecule has 3 nitrogen and oxygen atoms in total. The van der Waals surface area contributed by atoms with Gasteiger partial charge in [0.25, 0.3) is 0 Å². The van der Waals surface area contributed by atoms with Crippen molar-refractivity contribution in [3.05, 3.63) is 53.2 Å². The molecule has 82 valence electrons. The maximum absolute atomic E-state index is 12.6. The first kappa shape index (κ1) is 10.8. The van der Waals surface area contributed by atoms with Crippen molar-refractivity contribution < 1.29 is 4.39 Å². The Morgan fingerprint density at radius 2 is 1.94 bits per heavy atom. The molecule has 0 spiro atoms. The fraction of sp³-hybridized carbons (Fsp3) is 0.0909. The molecule has 5 heteroatoms. The molecule has 0 aliphatic rings. The van der Waals surface area contributed by atoms with Gasteiger partial charge in [0.05, 0.1) is 0 Å². The van der Waals surface area contributed by atoms with Gasteiger partial charge in [0.1, 0.15) is 23.1 Å². The number of hydrogen-bond acceptors (Lipinski definition) is 3. The van der Waals surface area contributed by atoms with Gasteiger partial charge >= 0.3 is 0 Å². The Morgan fingerprint density at radius 1 is 1.19 bits per heavy atom. The zero-order valence-electron chi connectivity index (χ0n) is 8.32. The molecule has 0 bridgehead atoms. The largest absolute Gasteiger partial charge is 0.366 e. The smallest absolute Gasteiger partial charge is 0.134 e. The summed E-state index contributed by atoms with van der Waals surface area (Å²) in [6, 6.07) is 7.90. The van der Waals surface area contributed by atoms with E-state index in [0.29, 0.717) is 17.5 Å². The molecule has 0 aliphatic heterocycles. The summed E-state index contributed by atoms with van der Waals surface area (Å²) in [5, 5.41) is 3.45. The Balaban J connectivity index is 1.99. The fourth-order valence-electron chi connectivity index (χ4n) is 1.23. The summed E-state index contributed by atoms with van der Waals surface area (Å²) in [7, 11) is 0. The number of halogens is 2. The topological polar surface area (TPSA) is 37.8 Å². The van der Waals surface area contributed by atoms with Crippen LogP contribution in [0.2, 0.25) is 5.15 Å². The zero-order chi connectivity index (χ0) is 11.4. The van der Waals surface area contributed by atoms with Crippen LogP contribution in [0.1, 0.15) is 5.56 Å². The minimum absolute atomic E-state index is 0.242. The number of hydrogen-bond donors (Lipinski definition) is 1. The van der Waals surface area contributed by atoms with Crippen LogP contribution in [-0.2, 0) is 6.54 Å². The van der Waals surface area contributed by atoms with Crippen LogP contribution in [0.15, 0.2) is 36.7 Å². The normalized spacial score (nSPS) is 10.1. The highest BCUT2D eigenvalue weighted by Crippen LogP contribution is 2.10. The van der Waals surface area contributed by atoms with E-state index in [1.165, 1.54) is 18.5 Å². The molecule has 16 heavy (non-hydrogen) atoms. The van der Waals surface area contributed by atoms with Crippen molar-refractivity contribution in [2.75, 3.05) is 5.32 Å². The average Bonchev–Trinajstić information content (AvgIpc) is 2.28. The van der Waals surface area contributed by atoms with E-state index in [1.807, 2.05) is 0 Å². The summed E-state index contributed by atoms with van der Waals surface area (Å²) in [5.41, 5.74) is 0.969. The first-order valence-electron chi connectivity index (χ1n) is 4.70. The van der Waals surface area contributed by atoms with Gasteiger partial charge in [-0.05, 0) is 17.7 Å². The molecule has 1 N–H and O–H groups in total. The average molecular weight is 238 g/mol. The van der Waals surface area contributed by atoms with E-state index in [1.54, 1.807) is 18.2 Å². The predicted octanol–water partition coefficient (Wildman–Crippen LogP) is 2.88. The number of rotatable bonds is 3. The summed E-state index contributed by atoms with van der Waals surface area (Å²) in [6.07, 6.45) is 1.38. The third-order valence-electron chi connectivity index (χ3n) is 2.02. The van der Waals surface area contributed by atoms with Crippen LogP contribution < -0.4 is 5.32 Å². The lowest BCUT2D eigenvalue weighted by molar-refractivity contribution is 0.627. The quantitative estimate of drug-likeness (QED) is 0.835. The van der Waals surface area contributed by atoms with E-state index in [0.717, 1.165) is 5.56 Å². The van der Waals surface area contributed by atoms with Crippen molar-refractivity contribution >= 4 is 17.4 Å². The molecule has 0 amide bonds. The molecule has 2 rings (SSSR count). The lowest BCUT2D eigenvalue weighted by Gasteiger charge is -2.05. The van der Waals surface area contributed by atoms with Crippen LogP contribution in [0.5, 0.6) is 0 Å². The molecule has 1 aromatic carbocycles. The van der Waals surface area contributed by atoms with E-state index in [-0.39, 0.29) is 5.82 Å². The third kappa shape index (κ3) is 2.90. The van der Waals surface area contributed by atoms with Crippen molar-refractivity contribution in [1.29, 1.82) is 0 Å². The van der Waals surface area contributed by atoms with Gasteiger partial charge in [-0.3, -0.25) is 0 Å². The number of nitrogens with one attached hydrogen (secondary N) is 1. The summed E-state index contributed by atoms with van der Waals surface area (Å²) >= 11 is 5.71. The summed E-state index contributed by atoms with van der Waals surface area (Å²) in [5.74, 6) is 0.401. The van der Waals surface area contributed by atoms with Gasteiger partial charge in [0.2, 0.25) is 0 Å². The Morgan fingerprint density at radius 3 is 2.62 bits per heavy atom. The number of benzene rings is 1. The molecule has 0 fully saturated rings. The Bertz CT molecular complexity index is 473. The first-order valence-corrected chi connectivity index (χ1v) is 5.08. The van der Waals surface area contributed by atoms with E-state index >= 15 is 0 Å². The predicted molar refractivity (Wildman–Crippen MR) is 60.8 cm³/mol. The molecule has 2 aromatic rings. The monoisotopic (exact) mass is 237 g/mol. The minimum Gasteiger partial charge on any atom is -0.366 e.